The van der Waals surface area contributed by atoms with Crippen LogP contribution in [-0.4, -0.2) is 25.0 Å². The van der Waals surface area contributed by atoms with Crippen LogP contribution in [0.1, 0.15) is 15.9 Å². The Hall–Kier alpha value is -2.67. The van der Waals surface area contributed by atoms with Crippen LogP contribution in [0.4, 0.5) is 8.78 Å². The summed E-state index contributed by atoms with van der Waals surface area (Å²) in [6, 6.07) is 6.13. The normalized spacial score (nSPS) is 11.7. The lowest BCUT2D eigenvalue weighted by Crippen LogP contribution is -2.45. The fourth-order valence-corrected chi connectivity index (χ4v) is 2.50. The third-order valence-electron chi connectivity index (χ3n) is 3.43. The summed E-state index contributed by atoms with van der Waals surface area (Å²) in [6.07, 6.45) is 0.0581. The van der Waals surface area contributed by atoms with Crippen LogP contribution in [0.25, 0.3) is 0 Å². The van der Waals surface area contributed by atoms with Gasteiger partial charge in [-0.1, -0.05) is 17.7 Å². The van der Waals surface area contributed by atoms with Crippen molar-refractivity contribution in [3.05, 3.63) is 64.2 Å². The average Bonchev–Trinajstić information content (AvgIpc) is 2.53. The quantitative estimate of drug-likeness (QED) is 0.821. The molecule has 3 N–H and O–H groups in total. The molecule has 0 aliphatic rings. The van der Waals surface area contributed by atoms with E-state index in [0.717, 1.165) is 12.1 Å². The van der Waals surface area contributed by atoms with Gasteiger partial charge in [0.2, 0.25) is 5.91 Å². The van der Waals surface area contributed by atoms with Crippen LogP contribution in [0.15, 0.2) is 36.4 Å². The Balaban J connectivity index is 2.16. The van der Waals surface area contributed by atoms with Crippen molar-refractivity contribution in [3.8, 4) is 5.75 Å². The molecular weight excluding hydrogens is 354 g/mol. The third-order valence-corrected chi connectivity index (χ3v) is 3.72. The number of carbonyl (C=O) groups is 2. The Morgan fingerprint density at radius 2 is 1.84 bits per heavy atom. The lowest BCUT2D eigenvalue weighted by atomic mass is 10.0. The number of hydrogen-bond donors (Lipinski definition) is 2. The van der Waals surface area contributed by atoms with Crippen molar-refractivity contribution < 1.29 is 23.1 Å². The molecule has 1 atom stereocenters. The monoisotopic (exact) mass is 368 g/mol. The first-order chi connectivity index (χ1) is 11.8. The number of carbonyl (C=O) groups excluding carboxylic acids is 2. The summed E-state index contributed by atoms with van der Waals surface area (Å²) >= 11 is 6.02. The minimum atomic E-state index is -1.08. The van der Waals surface area contributed by atoms with E-state index in [1.54, 1.807) is 18.2 Å². The first kappa shape index (κ1) is 18.7. The first-order valence-corrected chi connectivity index (χ1v) is 7.56. The fourth-order valence-electron chi connectivity index (χ4n) is 2.22. The minimum absolute atomic E-state index is 0.0581. The molecule has 25 heavy (non-hydrogen) atoms. The molecule has 2 aromatic rings. The van der Waals surface area contributed by atoms with E-state index in [9.17, 15) is 18.4 Å². The van der Waals surface area contributed by atoms with E-state index in [0.29, 0.717) is 22.4 Å². The van der Waals surface area contributed by atoms with Gasteiger partial charge in [-0.15, -0.1) is 0 Å². The van der Waals surface area contributed by atoms with E-state index in [-0.39, 0.29) is 12.0 Å². The van der Waals surface area contributed by atoms with Crippen LogP contribution in [0.5, 0.6) is 5.75 Å². The molecule has 0 bridgehead atoms. The van der Waals surface area contributed by atoms with E-state index in [2.05, 4.69) is 5.32 Å². The highest BCUT2D eigenvalue weighted by Gasteiger charge is 2.21. The predicted octanol–water partition coefficient (Wildman–Crippen LogP) is 2.45. The summed E-state index contributed by atoms with van der Waals surface area (Å²) < 4.78 is 31.5. The zero-order valence-corrected chi connectivity index (χ0v) is 13.9. The van der Waals surface area contributed by atoms with Crippen molar-refractivity contribution >= 4 is 23.4 Å². The SMILES string of the molecule is COc1ccc(C[C@H](NC(=O)c2cc(F)cc(F)c2)C(N)=O)cc1Cl. The molecule has 0 spiro atoms. The molecule has 0 heterocycles. The van der Waals surface area contributed by atoms with Gasteiger partial charge >= 0.3 is 0 Å². The minimum Gasteiger partial charge on any atom is -0.495 e. The first-order valence-electron chi connectivity index (χ1n) is 7.19. The number of primary amides is 1. The van der Waals surface area contributed by atoms with Crippen LogP contribution < -0.4 is 15.8 Å². The average molecular weight is 369 g/mol. The van der Waals surface area contributed by atoms with E-state index in [1.807, 2.05) is 0 Å². The van der Waals surface area contributed by atoms with Crippen molar-refractivity contribution in [1.29, 1.82) is 0 Å². The van der Waals surface area contributed by atoms with Gasteiger partial charge in [0, 0.05) is 18.1 Å². The fraction of sp³-hybridized carbons (Fsp3) is 0.176. The predicted molar refractivity (Wildman–Crippen MR) is 88.5 cm³/mol. The number of benzene rings is 2. The van der Waals surface area contributed by atoms with Crippen LogP contribution >= 0.6 is 11.6 Å². The Bertz CT molecular complexity index is 794. The van der Waals surface area contributed by atoms with Gasteiger partial charge in [0.15, 0.2) is 0 Å². The standard InChI is InChI=1S/C17H15ClF2N2O3/c1-25-15-3-2-9(4-13(15)18)5-14(16(21)23)22-17(24)10-6-11(19)8-12(20)7-10/h2-4,6-8,14H,5H2,1H3,(H2,21,23)(H,22,24)/t14-/m0/s1. The summed E-state index contributed by atoms with van der Waals surface area (Å²) in [5, 5.41) is 2.70. The number of amides is 2. The van der Waals surface area contributed by atoms with Gasteiger partial charge in [0.25, 0.3) is 5.91 Å². The molecule has 132 valence electrons. The summed E-state index contributed by atoms with van der Waals surface area (Å²) in [6.45, 7) is 0. The molecule has 2 aromatic carbocycles. The highest BCUT2D eigenvalue weighted by Crippen LogP contribution is 2.25. The van der Waals surface area contributed by atoms with Gasteiger partial charge in [-0.05, 0) is 29.8 Å². The maximum absolute atomic E-state index is 13.2. The summed E-state index contributed by atoms with van der Waals surface area (Å²) in [5.41, 5.74) is 5.68. The van der Waals surface area contributed by atoms with Crippen molar-refractivity contribution in [2.75, 3.05) is 7.11 Å². The van der Waals surface area contributed by atoms with Crippen LogP contribution in [-0.2, 0) is 11.2 Å². The van der Waals surface area contributed by atoms with E-state index in [4.69, 9.17) is 22.1 Å². The number of nitrogens with two attached hydrogens (primary N) is 1. The molecule has 0 aliphatic carbocycles. The van der Waals surface area contributed by atoms with Gasteiger partial charge in [0.1, 0.15) is 23.4 Å². The summed E-state index contributed by atoms with van der Waals surface area (Å²) in [4.78, 5) is 23.7. The molecule has 0 saturated heterocycles. The lowest BCUT2D eigenvalue weighted by Gasteiger charge is -2.16. The summed E-state index contributed by atoms with van der Waals surface area (Å²) in [5.74, 6) is -2.95. The Morgan fingerprint density at radius 1 is 1.20 bits per heavy atom. The molecule has 2 rings (SSSR count). The molecule has 2 amide bonds. The zero-order chi connectivity index (χ0) is 18.6. The second-order valence-corrected chi connectivity index (χ2v) is 5.67. The van der Waals surface area contributed by atoms with Crippen molar-refractivity contribution in [1.82, 2.24) is 5.32 Å². The molecule has 8 heteroatoms. The highest BCUT2D eigenvalue weighted by molar-refractivity contribution is 6.32. The van der Waals surface area contributed by atoms with Gasteiger partial charge in [0.05, 0.1) is 12.1 Å². The second-order valence-electron chi connectivity index (χ2n) is 5.26. The maximum atomic E-state index is 13.2. The largest absolute Gasteiger partial charge is 0.495 e. The van der Waals surface area contributed by atoms with Gasteiger partial charge in [-0.2, -0.15) is 0 Å². The molecule has 0 radical (unpaired) electrons. The van der Waals surface area contributed by atoms with Crippen molar-refractivity contribution in [2.24, 2.45) is 5.73 Å². The van der Waals surface area contributed by atoms with Crippen molar-refractivity contribution in [3.63, 3.8) is 0 Å². The highest BCUT2D eigenvalue weighted by atomic mass is 35.5. The molecule has 5 nitrogen and oxygen atoms in total. The number of nitrogens with one attached hydrogen (secondary N) is 1. The molecule has 0 unspecified atom stereocenters. The topological polar surface area (TPSA) is 81.4 Å². The number of methoxy groups -OCH3 is 1. The van der Waals surface area contributed by atoms with E-state index >= 15 is 0 Å². The molecule has 0 saturated carbocycles. The smallest absolute Gasteiger partial charge is 0.252 e. The number of hydrogen-bond acceptors (Lipinski definition) is 3. The van der Waals surface area contributed by atoms with Crippen LogP contribution in [0.3, 0.4) is 0 Å². The number of ether oxygens (including phenoxy) is 1. The van der Waals surface area contributed by atoms with Crippen LogP contribution in [0, 0.1) is 11.6 Å². The Labute approximate surface area is 147 Å². The van der Waals surface area contributed by atoms with Crippen molar-refractivity contribution in [2.45, 2.75) is 12.5 Å². The van der Waals surface area contributed by atoms with E-state index in [1.165, 1.54) is 7.11 Å². The van der Waals surface area contributed by atoms with Gasteiger partial charge in [-0.25, -0.2) is 8.78 Å². The third kappa shape index (κ3) is 4.90. The Morgan fingerprint density at radius 3 is 2.36 bits per heavy atom. The Kier molecular flexibility index (Phi) is 5.93. The second kappa shape index (κ2) is 7.94. The van der Waals surface area contributed by atoms with Gasteiger partial charge < -0.3 is 15.8 Å². The molecule has 0 aliphatic heterocycles. The maximum Gasteiger partial charge on any atom is 0.252 e. The number of halogens is 3. The molecule has 0 fully saturated rings. The zero-order valence-electron chi connectivity index (χ0n) is 13.2. The lowest BCUT2D eigenvalue weighted by molar-refractivity contribution is -0.119. The molecule has 0 aromatic heterocycles. The number of rotatable bonds is 6. The van der Waals surface area contributed by atoms with Gasteiger partial charge in [-0.3, -0.25) is 9.59 Å². The van der Waals surface area contributed by atoms with Crippen LogP contribution in [0.2, 0.25) is 5.02 Å². The van der Waals surface area contributed by atoms with E-state index < -0.39 is 29.5 Å². The summed E-state index contributed by atoms with van der Waals surface area (Å²) in [7, 11) is 1.46. The molecular formula is C17H15ClF2N2O3.